The van der Waals surface area contributed by atoms with E-state index in [1.807, 2.05) is 37.3 Å². The van der Waals surface area contributed by atoms with Gasteiger partial charge in [0.1, 0.15) is 12.4 Å². The summed E-state index contributed by atoms with van der Waals surface area (Å²) in [6.45, 7) is 4.54. The van der Waals surface area contributed by atoms with Crippen LogP contribution in [0.1, 0.15) is 57.4 Å². The van der Waals surface area contributed by atoms with E-state index in [4.69, 9.17) is 4.74 Å². The zero-order valence-corrected chi connectivity index (χ0v) is 15.0. The fourth-order valence-corrected chi connectivity index (χ4v) is 3.84. The molecule has 0 saturated heterocycles. The van der Waals surface area contributed by atoms with Gasteiger partial charge >= 0.3 is 0 Å². The first kappa shape index (κ1) is 17.9. The summed E-state index contributed by atoms with van der Waals surface area (Å²) in [6.07, 6.45) is 9.06. The Labute approximate surface area is 148 Å². The monoisotopic (exact) mass is 344 g/mol. The fourth-order valence-electron chi connectivity index (χ4n) is 3.84. The lowest BCUT2D eigenvalue weighted by molar-refractivity contribution is 0.313. The van der Waals surface area contributed by atoms with Crippen molar-refractivity contribution in [1.82, 2.24) is 0 Å². The van der Waals surface area contributed by atoms with Gasteiger partial charge in [-0.3, -0.25) is 0 Å². The molecule has 0 amide bonds. The van der Waals surface area contributed by atoms with Gasteiger partial charge in [-0.2, -0.15) is 0 Å². The molecule has 3 rings (SSSR count). The highest BCUT2D eigenvalue weighted by atomic mass is 19.2. The Kier molecular flexibility index (Phi) is 5.72. The van der Waals surface area contributed by atoms with Crippen molar-refractivity contribution in [1.29, 1.82) is 0 Å². The van der Waals surface area contributed by atoms with Crippen molar-refractivity contribution in [2.24, 2.45) is 5.92 Å². The summed E-state index contributed by atoms with van der Waals surface area (Å²) in [7, 11) is 0. The molecule has 0 N–H and O–H groups in total. The summed E-state index contributed by atoms with van der Waals surface area (Å²) in [5.41, 5.74) is 0.544. The van der Waals surface area contributed by atoms with Gasteiger partial charge in [-0.25, -0.2) is 8.78 Å². The van der Waals surface area contributed by atoms with Crippen molar-refractivity contribution in [3.63, 3.8) is 0 Å². The molecule has 0 spiro atoms. The van der Waals surface area contributed by atoms with Gasteiger partial charge < -0.3 is 4.74 Å². The molecule has 0 bridgehead atoms. The van der Waals surface area contributed by atoms with Crippen LogP contribution in [0.25, 0.3) is 10.8 Å². The Morgan fingerprint density at radius 3 is 2.52 bits per heavy atom. The molecule has 1 nitrogen and oxygen atoms in total. The smallest absolute Gasteiger partial charge is 0.167 e. The number of benzene rings is 2. The van der Waals surface area contributed by atoms with Gasteiger partial charge in [-0.05, 0) is 73.6 Å². The molecule has 1 aliphatic carbocycles. The number of ether oxygens (including phenoxy) is 1. The highest BCUT2D eigenvalue weighted by molar-refractivity contribution is 5.85. The van der Waals surface area contributed by atoms with E-state index in [9.17, 15) is 8.78 Å². The molecule has 2 aromatic carbocycles. The minimum absolute atomic E-state index is 0.132. The van der Waals surface area contributed by atoms with Crippen LogP contribution < -0.4 is 4.74 Å². The number of halogens is 2. The summed E-state index contributed by atoms with van der Waals surface area (Å²) in [6, 6.07) is 7.07. The molecule has 0 radical (unpaired) electrons. The molecule has 25 heavy (non-hydrogen) atoms. The number of hydrogen-bond acceptors (Lipinski definition) is 1. The van der Waals surface area contributed by atoms with Crippen LogP contribution >= 0.6 is 0 Å². The van der Waals surface area contributed by atoms with Gasteiger partial charge in [0.05, 0.1) is 0 Å². The van der Waals surface area contributed by atoms with Crippen molar-refractivity contribution >= 4 is 10.8 Å². The predicted octanol–water partition coefficient (Wildman–Crippen LogP) is 6.76. The van der Waals surface area contributed by atoms with E-state index >= 15 is 0 Å². The maximum atomic E-state index is 14.7. The van der Waals surface area contributed by atoms with Gasteiger partial charge in [0.25, 0.3) is 0 Å². The Hall–Kier alpha value is -1.90. The Bertz CT molecular complexity index is 758. The molecule has 0 aromatic heterocycles. The normalized spacial score (nSPS) is 21.1. The van der Waals surface area contributed by atoms with Crippen LogP contribution in [0.4, 0.5) is 8.78 Å². The molecule has 1 fully saturated rings. The second-order valence-electron chi connectivity index (χ2n) is 6.98. The van der Waals surface area contributed by atoms with Crippen molar-refractivity contribution in [3.05, 3.63) is 53.6 Å². The van der Waals surface area contributed by atoms with Crippen LogP contribution in [0.5, 0.6) is 5.75 Å². The van der Waals surface area contributed by atoms with Crippen LogP contribution in [-0.4, -0.2) is 6.61 Å². The highest BCUT2D eigenvalue weighted by Gasteiger charge is 2.26. The van der Waals surface area contributed by atoms with E-state index in [1.165, 1.54) is 6.42 Å². The number of fused-ring (bicyclic) bond motifs is 1. The Morgan fingerprint density at radius 1 is 1.08 bits per heavy atom. The number of allylic oxidation sites excluding steroid dienone is 1. The second kappa shape index (κ2) is 7.99. The zero-order valence-electron chi connectivity index (χ0n) is 15.0. The van der Waals surface area contributed by atoms with E-state index in [-0.39, 0.29) is 5.92 Å². The first-order chi connectivity index (χ1) is 12.1. The first-order valence-corrected chi connectivity index (χ1v) is 9.29. The maximum Gasteiger partial charge on any atom is 0.167 e. The summed E-state index contributed by atoms with van der Waals surface area (Å²) in [5.74, 6) is -0.00596. The third-order valence-corrected chi connectivity index (χ3v) is 5.46. The quantitative estimate of drug-likeness (QED) is 0.545. The third kappa shape index (κ3) is 3.86. The average molecular weight is 344 g/mol. The Balaban J connectivity index is 1.89. The van der Waals surface area contributed by atoms with Crippen LogP contribution in [0.2, 0.25) is 0 Å². The van der Waals surface area contributed by atoms with E-state index in [2.05, 4.69) is 6.92 Å². The average Bonchev–Trinajstić information content (AvgIpc) is 2.65. The summed E-state index contributed by atoms with van der Waals surface area (Å²) in [4.78, 5) is 0. The van der Waals surface area contributed by atoms with Gasteiger partial charge in [-0.1, -0.05) is 31.6 Å². The summed E-state index contributed by atoms with van der Waals surface area (Å²) >= 11 is 0. The SMILES string of the molecule is CC=CCOc1ccc2cc(C3CCC(CC)CC3)c(F)c(F)c2c1. The van der Waals surface area contributed by atoms with Crippen molar-refractivity contribution in [3.8, 4) is 5.75 Å². The molecule has 1 saturated carbocycles. The molecule has 1 aliphatic rings. The van der Waals surface area contributed by atoms with Crippen molar-refractivity contribution in [2.45, 2.75) is 51.9 Å². The maximum absolute atomic E-state index is 14.7. The van der Waals surface area contributed by atoms with Crippen LogP contribution in [0.15, 0.2) is 36.4 Å². The van der Waals surface area contributed by atoms with Crippen molar-refractivity contribution < 1.29 is 13.5 Å². The van der Waals surface area contributed by atoms with E-state index < -0.39 is 11.6 Å². The van der Waals surface area contributed by atoms with Crippen LogP contribution in [-0.2, 0) is 0 Å². The minimum atomic E-state index is -0.749. The molecule has 3 heteroatoms. The van der Waals surface area contributed by atoms with Crippen LogP contribution in [0, 0.1) is 17.6 Å². The zero-order chi connectivity index (χ0) is 17.8. The van der Waals surface area contributed by atoms with E-state index in [1.54, 1.807) is 6.07 Å². The number of rotatable bonds is 5. The van der Waals surface area contributed by atoms with E-state index in [0.717, 1.165) is 37.0 Å². The van der Waals surface area contributed by atoms with Gasteiger partial charge in [-0.15, -0.1) is 0 Å². The topological polar surface area (TPSA) is 9.23 Å². The van der Waals surface area contributed by atoms with Gasteiger partial charge in [0.15, 0.2) is 11.6 Å². The molecule has 134 valence electrons. The summed E-state index contributed by atoms with van der Waals surface area (Å²) in [5, 5.41) is 1.03. The molecular formula is C22H26F2O. The molecule has 0 heterocycles. The second-order valence-corrected chi connectivity index (χ2v) is 6.98. The predicted molar refractivity (Wildman–Crippen MR) is 99.2 cm³/mol. The highest BCUT2D eigenvalue weighted by Crippen LogP contribution is 2.40. The molecule has 0 atom stereocenters. The largest absolute Gasteiger partial charge is 0.490 e. The molecular weight excluding hydrogens is 318 g/mol. The minimum Gasteiger partial charge on any atom is -0.490 e. The van der Waals surface area contributed by atoms with Crippen molar-refractivity contribution in [2.75, 3.05) is 6.61 Å². The lowest BCUT2D eigenvalue weighted by atomic mass is 9.77. The molecule has 0 unspecified atom stereocenters. The third-order valence-electron chi connectivity index (χ3n) is 5.46. The fraction of sp³-hybridized carbons (Fsp3) is 0.455. The molecule has 2 aromatic rings. The number of hydrogen-bond donors (Lipinski definition) is 0. The lowest BCUT2D eigenvalue weighted by Gasteiger charge is -2.28. The Morgan fingerprint density at radius 2 is 1.84 bits per heavy atom. The summed E-state index contributed by atoms with van der Waals surface area (Å²) < 4.78 is 34.9. The molecule has 0 aliphatic heterocycles. The lowest BCUT2D eigenvalue weighted by Crippen LogP contribution is -2.14. The first-order valence-electron chi connectivity index (χ1n) is 9.29. The van der Waals surface area contributed by atoms with E-state index in [0.29, 0.717) is 23.3 Å². The van der Waals surface area contributed by atoms with Gasteiger partial charge in [0, 0.05) is 5.39 Å². The van der Waals surface area contributed by atoms with Gasteiger partial charge in [0.2, 0.25) is 0 Å². The van der Waals surface area contributed by atoms with Crippen LogP contribution in [0.3, 0.4) is 0 Å². The standard InChI is InChI=1S/C22H26F2O/c1-3-5-12-25-18-11-10-17-13-19(21(23)22(24)20(17)14-18)16-8-6-15(4-2)7-9-16/h3,5,10-11,13-16H,4,6-9,12H2,1-2H3.